The topological polar surface area (TPSA) is 59.0 Å². The number of aryl methyl sites for hydroxylation is 1. The highest BCUT2D eigenvalue weighted by Gasteiger charge is 2.01. The first-order valence-electron chi connectivity index (χ1n) is 5.67. The number of hydrogen-bond acceptors (Lipinski definition) is 3. The van der Waals surface area contributed by atoms with E-state index < -0.39 is 0 Å². The number of nitrogens with zero attached hydrogens (tertiary/aromatic N) is 1. The van der Waals surface area contributed by atoms with Crippen molar-refractivity contribution in [2.45, 2.75) is 13.5 Å². The monoisotopic (exact) mass is 238 g/mol. The lowest BCUT2D eigenvalue weighted by atomic mass is 10.1. The van der Waals surface area contributed by atoms with Crippen molar-refractivity contribution in [2.75, 3.05) is 5.73 Å². The molecular weight excluding hydrogens is 224 g/mol. The highest BCUT2D eigenvalue weighted by Crippen LogP contribution is 2.21. The highest BCUT2D eigenvalue weighted by atomic mass is 16.5. The first kappa shape index (κ1) is 12.0. The van der Waals surface area contributed by atoms with Crippen LogP contribution in [0.4, 0.5) is 5.69 Å². The predicted octanol–water partition coefficient (Wildman–Crippen LogP) is 3.03. The van der Waals surface area contributed by atoms with Crippen molar-refractivity contribution in [2.24, 2.45) is 0 Å². The van der Waals surface area contributed by atoms with E-state index in [2.05, 4.69) is 6.07 Å². The molecule has 2 aromatic carbocycles. The van der Waals surface area contributed by atoms with E-state index in [9.17, 15) is 0 Å². The van der Waals surface area contributed by atoms with E-state index >= 15 is 0 Å². The van der Waals surface area contributed by atoms with Gasteiger partial charge in [0.1, 0.15) is 12.4 Å². The second-order valence-electron chi connectivity index (χ2n) is 4.12. The Bertz CT molecular complexity index is 582. The molecular formula is C15H14N2O. The number of rotatable bonds is 3. The third-order valence-electron chi connectivity index (χ3n) is 2.68. The molecule has 0 amide bonds. The molecule has 0 bridgehead atoms. The van der Waals surface area contributed by atoms with Crippen LogP contribution in [0.15, 0.2) is 42.5 Å². The molecule has 0 unspecified atom stereocenters. The number of nitrogen functional groups attached to an aromatic ring is 1. The van der Waals surface area contributed by atoms with Gasteiger partial charge in [-0.05, 0) is 48.4 Å². The first-order valence-corrected chi connectivity index (χ1v) is 5.67. The molecule has 0 aliphatic carbocycles. The Balaban J connectivity index is 2.04. The molecule has 0 fully saturated rings. The molecule has 0 heterocycles. The third-order valence-corrected chi connectivity index (χ3v) is 2.68. The van der Waals surface area contributed by atoms with Gasteiger partial charge >= 0.3 is 0 Å². The van der Waals surface area contributed by atoms with Crippen LogP contribution in [0.25, 0.3) is 0 Å². The summed E-state index contributed by atoms with van der Waals surface area (Å²) in [6.07, 6.45) is 0. The van der Waals surface area contributed by atoms with Crippen molar-refractivity contribution in [3.05, 3.63) is 59.2 Å². The van der Waals surface area contributed by atoms with E-state index in [1.165, 1.54) is 0 Å². The quantitative estimate of drug-likeness (QED) is 0.836. The van der Waals surface area contributed by atoms with Crippen molar-refractivity contribution >= 4 is 5.69 Å². The van der Waals surface area contributed by atoms with Gasteiger partial charge in [-0.15, -0.1) is 0 Å². The Labute approximate surface area is 106 Å². The molecule has 0 aliphatic heterocycles. The van der Waals surface area contributed by atoms with Gasteiger partial charge in [-0.3, -0.25) is 0 Å². The predicted molar refractivity (Wildman–Crippen MR) is 71.1 cm³/mol. The zero-order valence-corrected chi connectivity index (χ0v) is 10.2. The summed E-state index contributed by atoms with van der Waals surface area (Å²) in [6.45, 7) is 2.45. The molecule has 2 aromatic rings. The summed E-state index contributed by atoms with van der Waals surface area (Å²) in [4.78, 5) is 0. The van der Waals surface area contributed by atoms with Gasteiger partial charge in [0, 0.05) is 5.69 Å². The maximum atomic E-state index is 8.71. The molecule has 0 saturated carbocycles. The Morgan fingerprint density at radius 3 is 2.50 bits per heavy atom. The fraction of sp³-hybridized carbons (Fsp3) is 0.133. The molecule has 18 heavy (non-hydrogen) atoms. The molecule has 0 aromatic heterocycles. The minimum Gasteiger partial charge on any atom is -0.489 e. The van der Waals surface area contributed by atoms with Gasteiger partial charge in [-0.25, -0.2) is 0 Å². The lowest BCUT2D eigenvalue weighted by Gasteiger charge is -2.09. The van der Waals surface area contributed by atoms with Gasteiger partial charge in [-0.2, -0.15) is 5.26 Å². The van der Waals surface area contributed by atoms with Crippen LogP contribution >= 0.6 is 0 Å². The van der Waals surface area contributed by atoms with Crippen LogP contribution in [-0.2, 0) is 6.61 Å². The molecule has 0 aliphatic rings. The summed E-state index contributed by atoms with van der Waals surface area (Å²) in [5.74, 6) is 0.827. The van der Waals surface area contributed by atoms with Crippen molar-refractivity contribution in [3.8, 4) is 11.8 Å². The molecule has 90 valence electrons. The lowest BCUT2D eigenvalue weighted by molar-refractivity contribution is 0.304. The van der Waals surface area contributed by atoms with Gasteiger partial charge in [0.25, 0.3) is 0 Å². The van der Waals surface area contributed by atoms with Gasteiger partial charge in [0.15, 0.2) is 0 Å². The first-order chi connectivity index (χ1) is 8.69. The van der Waals surface area contributed by atoms with Crippen molar-refractivity contribution in [3.63, 3.8) is 0 Å². The number of hydrogen-bond donors (Lipinski definition) is 1. The highest BCUT2D eigenvalue weighted by molar-refractivity contribution is 5.47. The smallest absolute Gasteiger partial charge is 0.122 e. The summed E-state index contributed by atoms with van der Waals surface area (Å²) in [5.41, 5.74) is 9.12. The molecule has 2 rings (SSSR count). The zero-order valence-electron chi connectivity index (χ0n) is 10.2. The van der Waals surface area contributed by atoms with Gasteiger partial charge in [0.2, 0.25) is 0 Å². The fourth-order valence-electron chi connectivity index (χ4n) is 1.67. The van der Waals surface area contributed by atoms with E-state index in [0.29, 0.717) is 12.2 Å². The second-order valence-corrected chi connectivity index (χ2v) is 4.12. The van der Waals surface area contributed by atoms with Gasteiger partial charge in [0.05, 0.1) is 11.6 Å². The molecule has 2 N–H and O–H groups in total. The number of ether oxygens (including phenoxy) is 1. The summed E-state index contributed by atoms with van der Waals surface area (Å²) in [7, 11) is 0. The number of benzene rings is 2. The standard InChI is InChI=1S/C15H14N2O/c1-11-8-14(17)6-7-15(11)18-10-13-4-2-12(9-16)3-5-13/h2-8H,10,17H2,1H3. The van der Waals surface area contributed by atoms with E-state index in [1.807, 2.05) is 37.3 Å². The minimum atomic E-state index is 0.483. The van der Waals surface area contributed by atoms with Crippen LogP contribution in [0.1, 0.15) is 16.7 Å². The van der Waals surface area contributed by atoms with Crippen molar-refractivity contribution < 1.29 is 4.74 Å². The number of nitrogens with two attached hydrogens (primary N) is 1. The second kappa shape index (κ2) is 5.24. The van der Waals surface area contributed by atoms with E-state index in [-0.39, 0.29) is 0 Å². The SMILES string of the molecule is Cc1cc(N)ccc1OCc1ccc(C#N)cc1. The zero-order chi connectivity index (χ0) is 13.0. The van der Waals surface area contributed by atoms with Crippen LogP contribution in [0.2, 0.25) is 0 Å². The Morgan fingerprint density at radius 2 is 1.89 bits per heavy atom. The van der Waals surface area contributed by atoms with Crippen molar-refractivity contribution in [1.82, 2.24) is 0 Å². The van der Waals surface area contributed by atoms with Gasteiger partial charge < -0.3 is 10.5 Å². The molecule has 0 radical (unpaired) electrons. The summed E-state index contributed by atoms with van der Waals surface area (Å²) in [5, 5.41) is 8.71. The van der Waals surface area contributed by atoms with Crippen molar-refractivity contribution in [1.29, 1.82) is 5.26 Å². The largest absolute Gasteiger partial charge is 0.489 e. The summed E-state index contributed by atoms with van der Waals surface area (Å²) < 4.78 is 5.71. The van der Waals surface area contributed by atoms with E-state index in [1.54, 1.807) is 12.1 Å². The maximum Gasteiger partial charge on any atom is 0.122 e. The fourth-order valence-corrected chi connectivity index (χ4v) is 1.67. The Hall–Kier alpha value is -2.47. The maximum absolute atomic E-state index is 8.71. The molecule has 0 atom stereocenters. The van der Waals surface area contributed by atoms with Crippen LogP contribution in [-0.4, -0.2) is 0 Å². The molecule has 3 heteroatoms. The summed E-state index contributed by atoms with van der Waals surface area (Å²) >= 11 is 0. The molecule has 0 spiro atoms. The van der Waals surface area contributed by atoms with E-state index in [0.717, 1.165) is 22.6 Å². The average molecular weight is 238 g/mol. The Morgan fingerprint density at radius 1 is 1.17 bits per heavy atom. The normalized spacial score (nSPS) is 9.78. The number of anilines is 1. The van der Waals surface area contributed by atoms with E-state index in [4.69, 9.17) is 15.7 Å². The van der Waals surface area contributed by atoms with Crippen LogP contribution < -0.4 is 10.5 Å². The van der Waals surface area contributed by atoms with Gasteiger partial charge in [-0.1, -0.05) is 12.1 Å². The lowest BCUT2D eigenvalue weighted by Crippen LogP contribution is -1.97. The van der Waals surface area contributed by atoms with Crippen LogP contribution in [0.5, 0.6) is 5.75 Å². The number of nitriles is 1. The molecule has 0 saturated heterocycles. The average Bonchev–Trinajstić information content (AvgIpc) is 2.38. The molecule has 3 nitrogen and oxygen atoms in total. The van der Waals surface area contributed by atoms with Crippen LogP contribution in [0.3, 0.4) is 0 Å². The minimum absolute atomic E-state index is 0.483. The third kappa shape index (κ3) is 2.80. The summed E-state index contributed by atoms with van der Waals surface area (Å²) in [6, 6.07) is 15.0. The Kier molecular flexibility index (Phi) is 3.49. The van der Waals surface area contributed by atoms with Crippen LogP contribution in [0, 0.1) is 18.3 Å².